The molecule has 2 aromatic rings. The summed E-state index contributed by atoms with van der Waals surface area (Å²) < 4.78 is 10.3. The number of amides is 2. The fourth-order valence-electron chi connectivity index (χ4n) is 1.91. The number of nitrogens with one attached hydrogen (secondary N) is 2. The predicted molar refractivity (Wildman–Crippen MR) is 83.2 cm³/mol. The smallest absolute Gasteiger partial charge is 0.426 e. The molecule has 7 nitrogen and oxygen atoms in total. The molecular formula is C16H19N3O4. The van der Waals surface area contributed by atoms with Crippen LogP contribution in [0.5, 0.6) is 0 Å². The first kappa shape index (κ1) is 16.5. The van der Waals surface area contributed by atoms with E-state index in [2.05, 4.69) is 20.6 Å². The Kier molecular flexibility index (Phi) is 6.17. The van der Waals surface area contributed by atoms with Crippen molar-refractivity contribution in [2.45, 2.75) is 26.2 Å². The van der Waals surface area contributed by atoms with Gasteiger partial charge in [-0.05, 0) is 13.3 Å². The van der Waals surface area contributed by atoms with Crippen molar-refractivity contribution in [2.75, 3.05) is 6.61 Å². The van der Waals surface area contributed by atoms with Crippen molar-refractivity contribution in [1.29, 1.82) is 0 Å². The van der Waals surface area contributed by atoms with Crippen LogP contribution in [0.25, 0.3) is 11.3 Å². The van der Waals surface area contributed by atoms with E-state index < -0.39 is 6.09 Å². The van der Waals surface area contributed by atoms with Gasteiger partial charge in [0, 0.05) is 18.4 Å². The van der Waals surface area contributed by atoms with Crippen molar-refractivity contribution in [3.05, 3.63) is 42.4 Å². The van der Waals surface area contributed by atoms with Crippen molar-refractivity contribution in [1.82, 2.24) is 15.8 Å². The second kappa shape index (κ2) is 8.57. The van der Waals surface area contributed by atoms with Crippen molar-refractivity contribution < 1.29 is 18.7 Å². The molecule has 1 heterocycles. The summed E-state index contributed by atoms with van der Waals surface area (Å²) in [6.45, 7) is 1.93. The van der Waals surface area contributed by atoms with E-state index in [4.69, 9.17) is 4.42 Å². The number of hydrogen-bond acceptors (Lipinski definition) is 5. The summed E-state index contributed by atoms with van der Waals surface area (Å²) in [6, 6.07) is 9.68. The average molecular weight is 317 g/mol. The van der Waals surface area contributed by atoms with Crippen LogP contribution in [0.3, 0.4) is 0 Å². The number of carbonyl (C=O) groups excluding carboxylic acids is 2. The summed E-state index contributed by atoms with van der Waals surface area (Å²) in [5, 5.41) is 0. The number of carbonyl (C=O) groups is 2. The van der Waals surface area contributed by atoms with Gasteiger partial charge >= 0.3 is 6.09 Å². The van der Waals surface area contributed by atoms with Gasteiger partial charge in [0.05, 0.1) is 12.8 Å². The third kappa shape index (κ3) is 5.46. The van der Waals surface area contributed by atoms with Crippen LogP contribution >= 0.6 is 0 Å². The van der Waals surface area contributed by atoms with Crippen molar-refractivity contribution >= 4 is 12.0 Å². The molecule has 0 spiro atoms. The molecule has 7 heteroatoms. The van der Waals surface area contributed by atoms with Crippen LogP contribution in [0, 0.1) is 0 Å². The van der Waals surface area contributed by atoms with Gasteiger partial charge in [-0.2, -0.15) is 0 Å². The summed E-state index contributed by atoms with van der Waals surface area (Å²) in [5.74, 6) is 0.983. The van der Waals surface area contributed by atoms with E-state index in [-0.39, 0.29) is 18.9 Å². The number of rotatable bonds is 6. The zero-order valence-corrected chi connectivity index (χ0v) is 12.9. The molecule has 1 aromatic heterocycles. The molecule has 0 aliphatic heterocycles. The minimum atomic E-state index is -0.680. The Balaban J connectivity index is 1.71. The van der Waals surface area contributed by atoms with Crippen LogP contribution in [0.4, 0.5) is 4.79 Å². The molecule has 0 aliphatic rings. The number of oxazole rings is 1. The minimum Gasteiger partial charge on any atom is -0.449 e. The van der Waals surface area contributed by atoms with Gasteiger partial charge in [-0.15, -0.1) is 0 Å². The molecule has 2 N–H and O–H groups in total. The average Bonchev–Trinajstić information content (AvgIpc) is 3.03. The fraction of sp³-hybridized carbons (Fsp3) is 0.312. The lowest BCUT2D eigenvalue weighted by molar-refractivity contribution is -0.122. The maximum absolute atomic E-state index is 11.5. The van der Waals surface area contributed by atoms with E-state index in [0.717, 1.165) is 5.56 Å². The molecule has 0 bridgehead atoms. The van der Waals surface area contributed by atoms with E-state index >= 15 is 0 Å². The molecule has 0 fully saturated rings. The van der Waals surface area contributed by atoms with Gasteiger partial charge in [-0.1, -0.05) is 30.3 Å². The van der Waals surface area contributed by atoms with E-state index in [1.54, 1.807) is 13.1 Å². The number of ether oxygens (including phenoxy) is 1. The number of hydrogen-bond donors (Lipinski definition) is 2. The second-order valence-corrected chi connectivity index (χ2v) is 4.73. The Bertz CT molecular complexity index is 640. The predicted octanol–water partition coefficient (Wildman–Crippen LogP) is 2.44. The van der Waals surface area contributed by atoms with Gasteiger partial charge < -0.3 is 9.15 Å². The zero-order chi connectivity index (χ0) is 16.5. The number of benzene rings is 1. The topological polar surface area (TPSA) is 93.5 Å². The van der Waals surface area contributed by atoms with Crippen LogP contribution in [0.2, 0.25) is 0 Å². The Hall–Kier alpha value is -2.83. The van der Waals surface area contributed by atoms with Gasteiger partial charge in [-0.25, -0.2) is 15.2 Å². The maximum Gasteiger partial charge on any atom is 0.426 e. The summed E-state index contributed by atoms with van der Waals surface area (Å²) in [6.07, 6.45) is 2.34. The lowest BCUT2D eigenvalue weighted by Crippen LogP contribution is -2.41. The Labute approximate surface area is 134 Å². The van der Waals surface area contributed by atoms with Gasteiger partial charge in [0.2, 0.25) is 5.91 Å². The van der Waals surface area contributed by atoms with E-state index in [0.29, 0.717) is 24.5 Å². The summed E-state index contributed by atoms with van der Waals surface area (Å²) in [4.78, 5) is 26.7. The molecule has 0 atom stereocenters. The number of aromatic nitrogens is 1. The minimum absolute atomic E-state index is 0.245. The van der Waals surface area contributed by atoms with Crippen LogP contribution in [-0.2, 0) is 16.0 Å². The number of aryl methyl sites for hydroxylation is 1. The van der Waals surface area contributed by atoms with Crippen molar-refractivity contribution in [2.24, 2.45) is 0 Å². The highest BCUT2D eigenvalue weighted by Crippen LogP contribution is 2.20. The van der Waals surface area contributed by atoms with Gasteiger partial charge in [0.15, 0.2) is 11.7 Å². The SMILES string of the molecule is CCOC(=O)NNC(=O)CCCc1ncc(-c2ccccc2)o1. The third-order valence-electron chi connectivity index (χ3n) is 2.99. The lowest BCUT2D eigenvalue weighted by atomic mass is 10.2. The first-order valence-electron chi connectivity index (χ1n) is 7.40. The standard InChI is InChI=1S/C16H19N3O4/c1-2-22-16(21)19-18-14(20)9-6-10-15-17-11-13(23-15)12-7-4-3-5-8-12/h3-5,7-8,11H,2,6,9-10H2,1H3,(H,18,20)(H,19,21). The second-order valence-electron chi connectivity index (χ2n) is 4.73. The maximum atomic E-state index is 11.5. The van der Waals surface area contributed by atoms with Crippen molar-refractivity contribution in [3.8, 4) is 11.3 Å². The fourth-order valence-corrected chi connectivity index (χ4v) is 1.91. The summed E-state index contributed by atoms with van der Waals surface area (Å²) >= 11 is 0. The van der Waals surface area contributed by atoms with Crippen LogP contribution in [0.15, 0.2) is 40.9 Å². The monoisotopic (exact) mass is 317 g/mol. The largest absolute Gasteiger partial charge is 0.449 e. The number of nitrogens with zero attached hydrogens (tertiary/aromatic N) is 1. The molecule has 23 heavy (non-hydrogen) atoms. The summed E-state index contributed by atoms with van der Waals surface area (Å²) in [7, 11) is 0. The zero-order valence-electron chi connectivity index (χ0n) is 12.9. The molecule has 0 unspecified atom stereocenters. The Morgan fingerprint density at radius 3 is 2.74 bits per heavy atom. The molecule has 122 valence electrons. The first-order chi connectivity index (χ1) is 11.2. The highest BCUT2D eigenvalue weighted by Gasteiger charge is 2.08. The van der Waals surface area contributed by atoms with E-state index in [1.165, 1.54) is 0 Å². The Morgan fingerprint density at radius 2 is 2.00 bits per heavy atom. The Morgan fingerprint density at radius 1 is 1.22 bits per heavy atom. The molecular weight excluding hydrogens is 298 g/mol. The van der Waals surface area contributed by atoms with Gasteiger partial charge in [0.1, 0.15) is 0 Å². The van der Waals surface area contributed by atoms with E-state index in [9.17, 15) is 9.59 Å². The molecule has 2 amide bonds. The highest BCUT2D eigenvalue weighted by atomic mass is 16.5. The van der Waals surface area contributed by atoms with Crippen LogP contribution in [-0.4, -0.2) is 23.6 Å². The first-order valence-corrected chi connectivity index (χ1v) is 7.40. The van der Waals surface area contributed by atoms with Crippen LogP contribution < -0.4 is 10.9 Å². The molecule has 0 saturated heterocycles. The molecule has 0 radical (unpaired) electrons. The third-order valence-corrected chi connectivity index (χ3v) is 2.99. The lowest BCUT2D eigenvalue weighted by Gasteiger charge is -2.06. The highest BCUT2D eigenvalue weighted by molar-refractivity contribution is 5.78. The summed E-state index contributed by atoms with van der Waals surface area (Å²) in [5.41, 5.74) is 5.39. The van der Waals surface area contributed by atoms with Crippen LogP contribution in [0.1, 0.15) is 25.7 Å². The van der Waals surface area contributed by atoms with Gasteiger partial charge in [-0.3, -0.25) is 10.2 Å². The molecule has 1 aromatic carbocycles. The van der Waals surface area contributed by atoms with Crippen molar-refractivity contribution in [3.63, 3.8) is 0 Å². The molecule has 0 saturated carbocycles. The molecule has 0 aliphatic carbocycles. The quantitative estimate of drug-likeness (QED) is 0.798. The normalized spacial score (nSPS) is 10.1. The van der Waals surface area contributed by atoms with Gasteiger partial charge in [0.25, 0.3) is 0 Å². The number of hydrazine groups is 1. The van der Waals surface area contributed by atoms with E-state index in [1.807, 2.05) is 30.3 Å². The molecule has 2 rings (SSSR count).